The van der Waals surface area contributed by atoms with E-state index in [9.17, 15) is 4.79 Å². The van der Waals surface area contributed by atoms with Gasteiger partial charge in [0, 0.05) is 43.0 Å². The molecule has 0 saturated heterocycles. The molecule has 5 nitrogen and oxygen atoms in total. The number of benzene rings is 1. The minimum absolute atomic E-state index is 0.106. The van der Waals surface area contributed by atoms with Gasteiger partial charge in [-0.15, -0.1) is 22.0 Å². The topological polar surface area (TPSA) is 59.8 Å². The summed E-state index contributed by atoms with van der Waals surface area (Å²) in [5, 5.41) is 11.6. The van der Waals surface area contributed by atoms with Crippen LogP contribution in [0, 0.1) is 0 Å². The van der Waals surface area contributed by atoms with E-state index >= 15 is 0 Å². The van der Waals surface area contributed by atoms with Gasteiger partial charge in [0.05, 0.1) is 0 Å². The van der Waals surface area contributed by atoms with Gasteiger partial charge >= 0.3 is 0 Å². The van der Waals surface area contributed by atoms with Crippen LogP contribution in [-0.2, 0) is 24.2 Å². The van der Waals surface area contributed by atoms with Gasteiger partial charge in [-0.25, -0.2) is 0 Å². The zero-order valence-electron chi connectivity index (χ0n) is 13.9. The Morgan fingerprint density at radius 3 is 2.92 bits per heavy atom. The summed E-state index contributed by atoms with van der Waals surface area (Å²) in [7, 11) is 0. The Hall–Kier alpha value is -1.82. The maximum absolute atomic E-state index is 11.9. The van der Waals surface area contributed by atoms with E-state index in [2.05, 4.69) is 32.2 Å². The molecule has 1 aromatic carbocycles. The lowest BCUT2D eigenvalue weighted by Crippen LogP contribution is -2.26. The predicted molar refractivity (Wildman–Crippen MR) is 96.1 cm³/mol. The van der Waals surface area contributed by atoms with E-state index in [1.165, 1.54) is 24.2 Å². The quantitative estimate of drug-likeness (QED) is 0.785. The van der Waals surface area contributed by atoms with Gasteiger partial charge in [-0.05, 0) is 25.0 Å². The number of carbonyl (C=O) groups excluding carboxylic acids is 1. The highest BCUT2D eigenvalue weighted by Crippen LogP contribution is 2.17. The van der Waals surface area contributed by atoms with Gasteiger partial charge < -0.3 is 9.88 Å². The summed E-state index contributed by atoms with van der Waals surface area (Å²) in [6.45, 7) is 1.65. The number of thioether (sulfide) groups is 1. The van der Waals surface area contributed by atoms with Crippen molar-refractivity contribution in [3.05, 3.63) is 42.0 Å². The van der Waals surface area contributed by atoms with Crippen LogP contribution < -0.4 is 5.32 Å². The first-order valence-corrected chi connectivity index (χ1v) is 9.67. The van der Waals surface area contributed by atoms with Crippen LogP contribution in [0.2, 0.25) is 0 Å². The van der Waals surface area contributed by atoms with E-state index in [1.807, 2.05) is 18.2 Å². The highest BCUT2D eigenvalue weighted by Gasteiger charge is 2.14. The molecule has 0 atom stereocenters. The molecule has 0 saturated carbocycles. The molecule has 0 unspecified atom stereocenters. The number of nitrogens with one attached hydrogen (secondary N) is 1. The second kappa shape index (κ2) is 8.87. The Labute approximate surface area is 147 Å². The molecule has 0 fully saturated rings. The number of hydrogen-bond acceptors (Lipinski definition) is 4. The largest absolute Gasteiger partial charge is 0.356 e. The predicted octanol–water partition coefficient (Wildman–Crippen LogP) is 2.85. The maximum Gasteiger partial charge on any atom is 0.220 e. The SMILES string of the molecule is O=C(CCSc1ccccc1)NCCc1nnc2n1CCCCC2. The lowest BCUT2D eigenvalue weighted by Gasteiger charge is -2.08. The van der Waals surface area contributed by atoms with E-state index < -0.39 is 0 Å². The molecule has 1 N–H and O–H groups in total. The van der Waals surface area contributed by atoms with E-state index in [0.29, 0.717) is 13.0 Å². The number of nitrogens with zero attached hydrogens (tertiary/aromatic N) is 3. The Balaban J connectivity index is 1.37. The summed E-state index contributed by atoms with van der Waals surface area (Å²) < 4.78 is 2.24. The summed E-state index contributed by atoms with van der Waals surface area (Å²) >= 11 is 1.71. The Kier molecular flexibility index (Phi) is 6.29. The van der Waals surface area contributed by atoms with Gasteiger partial charge in [0.15, 0.2) is 0 Å². The van der Waals surface area contributed by atoms with Crippen molar-refractivity contribution in [2.45, 2.75) is 50.0 Å². The molecule has 0 aliphatic carbocycles. The highest BCUT2D eigenvalue weighted by molar-refractivity contribution is 7.99. The number of aromatic nitrogens is 3. The number of amides is 1. The van der Waals surface area contributed by atoms with Gasteiger partial charge in [0.1, 0.15) is 11.6 Å². The first-order valence-electron chi connectivity index (χ1n) is 8.68. The van der Waals surface area contributed by atoms with Gasteiger partial charge in [-0.2, -0.15) is 0 Å². The van der Waals surface area contributed by atoms with Crippen LogP contribution in [0.4, 0.5) is 0 Å². The second-order valence-electron chi connectivity index (χ2n) is 6.01. The fourth-order valence-corrected chi connectivity index (χ4v) is 3.78. The fourth-order valence-electron chi connectivity index (χ4n) is 2.91. The van der Waals surface area contributed by atoms with Gasteiger partial charge in [0.2, 0.25) is 5.91 Å². The zero-order chi connectivity index (χ0) is 16.6. The summed E-state index contributed by atoms with van der Waals surface area (Å²) in [4.78, 5) is 13.1. The van der Waals surface area contributed by atoms with Crippen molar-refractivity contribution in [1.82, 2.24) is 20.1 Å². The molecule has 1 aliphatic rings. The molecule has 1 amide bonds. The molecule has 0 spiro atoms. The lowest BCUT2D eigenvalue weighted by atomic mass is 10.2. The number of fused-ring (bicyclic) bond motifs is 1. The molecule has 6 heteroatoms. The lowest BCUT2D eigenvalue weighted by molar-refractivity contribution is -0.120. The average molecular weight is 344 g/mol. The molecule has 1 aliphatic heterocycles. The second-order valence-corrected chi connectivity index (χ2v) is 7.17. The van der Waals surface area contributed by atoms with Crippen molar-refractivity contribution in [2.24, 2.45) is 0 Å². The number of carbonyl (C=O) groups is 1. The standard InChI is InChI=1S/C18H24N4OS/c23-18(11-14-24-15-7-3-1-4-8-15)19-12-10-17-21-20-16-9-5-2-6-13-22(16)17/h1,3-4,7-8H,2,5-6,9-14H2,(H,19,23). The van der Waals surface area contributed by atoms with Crippen molar-refractivity contribution >= 4 is 17.7 Å². The number of rotatable bonds is 7. The third kappa shape index (κ3) is 4.84. The van der Waals surface area contributed by atoms with Gasteiger partial charge in [0.25, 0.3) is 0 Å². The summed E-state index contributed by atoms with van der Waals surface area (Å²) in [5.41, 5.74) is 0. The van der Waals surface area contributed by atoms with E-state index in [4.69, 9.17) is 0 Å². The summed E-state index contributed by atoms with van der Waals surface area (Å²) in [5.74, 6) is 3.02. The van der Waals surface area contributed by atoms with Crippen LogP contribution in [0.25, 0.3) is 0 Å². The van der Waals surface area contributed by atoms with E-state index in [0.717, 1.165) is 36.8 Å². The normalized spacial score (nSPS) is 14.0. The van der Waals surface area contributed by atoms with Crippen LogP contribution in [0.1, 0.15) is 37.3 Å². The first-order chi connectivity index (χ1) is 11.8. The van der Waals surface area contributed by atoms with Crippen LogP contribution in [0.5, 0.6) is 0 Å². The van der Waals surface area contributed by atoms with Crippen LogP contribution in [-0.4, -0.2) is 33.0 Å². The highest BCUT2D eigenvalue weighted by atomic mass is 32.2. The van der Waals surface area contributed by atoms with Crippen LogP contribution in [0.3, 0.4) is 0 Å². The first kappa shape index (κ1) is 17.0. The van der Waals surface area contributed by atoms with Gasteiger partial charge in [-0.1, -0.05) is 24.6 Å². The summed E-state index contributed by atoms with van der Waals surface area (Å²) in [6, 6.07) is 10.2. The van der Waals surface area contributed by atoms with Crippen molar-refractivity contribution in [2.75, 3.05) is 12.3 Å². The van der Waals surface area contributed by atoms with E-state index in [-0.39, 0.29) is 5.91 Å². The average Bonchev–Trinajstić information content (AvgIpc) is 2.83. The smallest absolute Gasteiger partial charge is 0.220 e. The zero-order valence-corrected chi connectivity index (χ0v) is 14.7. The molecular weight excluding hydrogens is 320 g/mol. The maximum atomic E-state index is 11.9. The monoisotopic (exact) mass is 344 g/mol. The third-order valence-electron chi connectivity index (χ3n) is 4.20. The molecule has 3 rings (SSSR count). The minimum Gasteiger partial charge on any atom is -0.356 e. The molecule has 0 bridgehead atoms. The molecule has 24 heavy (non-hydrogen) atoms. The Morgan fingerprint density at radius 1 is 1.17 bits per heavy atom. The summed E-state index contributed by atoms with van der Waals surface area (Å²) in [6.07, 6.45) is 5.98. The van der Waals surface area contributed by atoms with Crippen molar-refractivity contribution in [3.8, 4) is 0 Å². The minimum atomic E-state index is 0.106. The molecule has 2 aromatic rings. The van der Waals surface area contributed by atoms with Crippen molar-refractivity contribution in [3.63, 3.8) is 0 Å². The van der Waals surface area contributed by atoms with Crippen molar-refractivity contribution in [1.29, 1.82) is 0 Å². The Bertz CT molecular complexity index is 656. The molecular formula is C18H24N4OS. The molecule has 128 valence electrons. The molecule has 2 heterocycles. The molecule has 1 aromatic heterocycles. The fraction of sp³-hybridized carbons (Fsp3) is 0.500. The number of hydrogen-bond donors (Lipinski definition) is 1. The van der Waals surface area contributed by atoms with E-state index in [1.54, 1.807) is 11.8 Å². The Morgan fingerprint density at radius 2 is 2.04 bits per heavy atom. The van der Waals surface area contributed by atoms with Gasteiger partial charge in [-0.3, -0.25) is 4.79 Å². The molecule has 0 radical (unpaired) electrons. The third-order valence-corrected chi connectivity index (χ3v) is 5.21. The number of aryl methyl sites for hydroxylation is 1. The van der Waals surface area contributed by atoms with Crippen molar-refractivity contribution < 1.29 is 4.79 Å². The van der Waals surface area contributed by atoms with Crippen LogP contribution in [0.15, 0.2) is 35.2 Å². The van der Waals surface area contributed by atoms with Crippen LogP contribution >= 0.6 is 11.8 Å².